The van der Waals surface area contributed by atoms with Gasteiger partial charge in [0.2, 0.25) is 0 Å². The molecule has 0 aromatic carbocycles. The molecule has 0 amide bonds. The van der Waals surface area contributed by atoms with Crippen LogP contribution in [0.1, 0.15) is 0 Å². The van der Waals surface area contributed by atoms with E-state index in [1.54, 1.807) is 0 Å². The first-order valence-electron chi connectivity index (χ1n) is 0. The van der Waals surface area contributed by atoms with Crippen LogP contribution in [-0.2, 0) is 49.5 Å². The molecular formula is Al4Ni3+3. The number of hydrogen-bond donors (Lipinski definition) is 0. The van der Waals surface area contributed by atoms with Gasteiger partial charge in [-0.3, -0.25) is 0 Å². The van der Waals surface area contributed by atoms with Crippen LogP contribution in [0.15, 0.2) is 0 Å². The fourth-order valence-corrected chi connectivity index (χ4v) is 0. The van der Waals surface area contributed by atoms with Crippen LogP contribution < -0.4 is 0 Å². The van der Waals surface area contributed by atoms with E-state index in [0.29, 0.717) is 0 Å². The average Bonchev–Trinajstić information content (AvgIpc) is 0. The van der Waals surface area contributed by atoms with Crippen molar-refractivity contribution < 1.29 is 49.5 Å². The van der Waals surface area contributed by atoms with Gasteiger partial charge in [0.15, 0.2) is 0 Å². The smallest absolute Gasteiger partial charge is 0 e. The van der Waals surface area contributed by atoms with E-state index in [2.05, 4.69) is 0 Å². The van der Waals surface area contributed by atoms with Crippen LogP contribution in [0.4, 0.5) is 0 Å². The first-order valence-corrected chi connectivity index (χ1v) is 0. The van der Waals surface area contributed by atoms with Gasteiger partial charge >= 0.3 is 17.4 Å². The third kappa shape index (κ3) is 42.7. The Morgan fingerprint density at radius 1 is 0.429 bits per heavy atom. The van der Waals surface area contributed by atoms with Crippen molar-refractivity contribution in [3.8, 4) is 0 Å². The maximum Gasteiger partial charge on any atom is 3.00 e. The molecule has 0 aliphatic heterocycles. The van der Waals surface area contributed by atoms with Crippen LogP contribution in [0, 0.1) is 0 Å². The van der Waals surface area contributed by atoms with Crippen molar-refractivity contribution in [3.05, 3.63) is 0 Å². The van der Waals surface area contributed by atoms with Crippen molar-refractivity contribution in [2.24, 2.45) is 0 Å². The summed E-state index contributed by atoms with van der Waals surface area (Å²) in [4.78, 5) is 0. The van der Waals surface area contributed by atoms with Gasteiger partial charge in [-0.25, -0.2) is 0 Å². The molecule has 0 aromatic rings. The monoisotopic (exact) mass is 282 g/mol. The first kappa shape index (κ1) is 75.2. The second kappa shape index (κ2) is 54.7. The second-order valence-corrected chi connectivity index (χ2v) is 0. The Morgan fingerprint density at radius 2 is 0.429 bits per heavy atom. The zero-order chi connectivity index (χ0) is 0. The van der Waals surface area contributed by atoms with E-state index in [0.717, 1.165) is 0 Å². The summed E-state index contributed by atoms with van der Waals surface area (Å²) in [5, 5.41) is 0. The summed E-state index contributed by atoms with van der Waals surface area (Å²) < 4.78 is 0. The fourth-order valence-electron chi connectivity index (χ4n) is 0. The zero-order valence-electron chi connectivity index (χ0n) is 3.26. The standard InChI is InChI=1S/4Al.3Ni/q;;;+3;;;. The van der Waals surface area contributed by atoms with Crippen LogP contribution >= 0.6 is 0 Å². The Labute approximate surface area is 117 Å². The van der Waals surface area contributed by atoms with Gasteiger partial charge < -0.3 is 0 Å². The molecule has 7 heavy (non-hydrogen) atoms. The summed E-state index contributed by atoms with van der Waals surface area (Å²) in [6.07, 6.45) is 0. The molecule has 0 saturated heterocycles. The molecule has 0 aliphatic carbocycles. The largest absolute Gasteiger partial charge is 3.00 e. The third-order valence-corrected chi connectivity index (χ3v) is 0. The van der Waals surface area contributed by atoms with Crippen molar-refractivity contribution in [1.82, 2.24) is 0 Å². The molecule has 0 aromatic heterocycles. The van der Waals surface area contributed by atoms with E-state index >= 15 is 0 Å². The maximum absolute atomic E-state index is 0. The minimum atomic E-state index is 0. The summed E-state index contributed by atoms with van der Waals surface area (Å²) in [6.45, 7) is 0. The molecule has 9 radical (unpaired) electrons. The Hall–Kier alpha value is 3.61. The summed E-state index contributed by atoms with van der Waals surface area (Å²) in [7, 11) is 0. The van der Waals surface area contributed by atoms with Gasteiger partial charge in [-0.1, -0.05) is 0 Å². The molecule has 0 unspecified atom stereocenters. The summed E-state index contributed by atoms with van der Waals surface area (Å²) in [5.74, 6) is 0. The van der Waals surface area contributed by atoms with Crippen LogP contribution in [0.25, 0.3) is 0 Å². The molecule has 0 atom stereocenters. The summed E-state index contributed by atoms with van der Waals surface area (Å²) >= 11 is 0. The molecule has 0 saturated carbocycles. The van der Waals surface area contributed by atoms with E-state index in [9.17, 15) is 0 Å². The Kier molecular flexibility index (Phi) is 587. The van der Waals surface area contributed by atoms with Crippen molar-refractivity contribution in [3.63, 3.8) is 0 Å². The van der Waals surface area contributed by atoms with Gasteiger partial charge in [0.1, 0.15) is 0 Å². The molecule has 0 spiro atoms. The summed E-state index contributed by atoms with van der Waals surface area (Å²) in [6, 6.07) is 0. The van der Waals surface area contributed by atoms with Gasteiger partial charge in [-0.15, -0.1) is 0 Å². The summed E-state index contributed by atoms with van der Waals surface area (Å²) in [5.41, 5.74) is 0. The Morgan fingerprint density at radius 3 is 0.429 bits per heavy atom. The predicted molar refractivity (Wildman–Crippen MR) is 23.0 cm³/mol. The third-order valence-electron chi connectivity index (χ3n) is 0. The molecule has 0 nitrogen and oxygen atoms in total. The normalized spacial score (nSPS) is 0. The zero-order valence-corrected chi connectivity index (χ0v) is 10.8. The van der Waals surface area contributed by atoms with Gasteiger partial charge in [-0.2, -0.15) is 0 Å². The van der Waals surface area contributed by atoms with Crippen LogP contribution in [0.2, 0.25) is 0 Å². The van der Waals surface area contributed by atoms with Crippen LogP contribution in [0.5, 0.6) is 0 Å². The molecule has 0 aliphatic rings. The minimum absolute atomic E-state index is 0. The topological polar surface area (TPSA) is 0 Å². The quantitative estimate of drug-likeness (QED) is 0.473. The molecule has 0 bridgehead atoms. The first-order chi connectivity index (χ1) is 0. The second-order valence-electron chi connectivity index (χ2n) is 0. The predicted octanol–water partition coefficient (Wildman–Crippen LogP) is -1.53. The minimum Gasteiger partial charge on any atom is 0 e. The van der Waals surface area contributed by atoms with E-state index in [-0.39, 0.29) is 119 Å². The number of rotatable bonds is 0. The van der Waals surface area contributed by atoms with Gasteiger partial charge in [0, 0.05) is 102 Å². The maximum atomic E-state index is 0. The average molecular weight is 284 g/mol. The van der Waals surface area contributed by atoms with Crippen molar-refractivity contribution in [2.45, 2.75) is 0 Å². The van der Waals surface area contributed by atoms with E-state index in [4.69, 9.17) is 0 Å². The molecule has 0 N–H and O–H groups in total. The Bertz CT molecular complexity index is 6.90. The number of hydrogen-bond acceptors (Lipinski definition) is 0. The molecule has 0 rings (SSSR count). The SMILES string of the molecule is [Al+3].[Al].[Al].[Al].[Ni].[Ni].[Ni]. The van der Waals surface area contributed by atoms with E-state index in [1.165, 1.54) is 0 Å². The van der Waals surface area contributed by atoms with Gasteiger partial charge in [-0.05, 0) is 0 Å². The van der Waals surface area contributed by atoms with Crippen molar-refractivity contribution in [2.75, 3.05) is 0 Å². The van der Waals surface area contributed by atoms with Crippen molar-refractivity contribution >= 4 is 69.4 Å². The fraction of sp³-hybridized carbons (Fsp3) is 0. The van der Waals surface area contributed by atoms with Crippen molar-refractivity contribution in [1.29, 1.82) is 0 Å². The van der Waals surface area contributed by atoms with E-state index < -0.39 is 0 Å². The van der Waals surface area contributed by atoms with Gasteiger partial charge in [0.05, 0.1) is 0 Å². The molecule has 39 valence electrons. The van der Waals surface area contributed by atoms with E-state index in [1.807, 2.05) is 0 Å². The molecule has 0 heterocycles. The van der Waals surface area contributed by atoms with Crippen LogP contribution in [-0.4, -0.2) is 69.4 Å². The molecule has 7 heteroatoms. The van der Waals surface area contributed by atoms with Crippen LogP contribution in [0.3, 0.4) is 0 Å². The Balaban J connectivity index is 0. The molecule has 0 fully saturated rings. The molecular weight excluding hydrogens is 284 g/mol. The van der Waals surface area contributed by atoms with Gasteiger partial charge in [0.25, 0.3) is 0 Å².